The average Bonchev–Trinajstić information content (AvgIpc) is 3.55. The fraction of sp³-hybridized carbons (Fsp3) is 0.348. The molecule has 2 N–H and O–H groups in total. The highest BCUT2D eigenvalue weighted by Crippen LogP contribution is 2.41. The summed E-state index contributed by atoms with van der Waals surface area (Å²) in [5.41, 5.74) is 1.87. The van der Waals surface area contributed by atoms with Crippen molar-refractivity contribution in [2.75, 3.05) is 18.5 Å². The molecule has 2 aromatic rings. The molecule has 4 rings (SSSR count). The topological polar surface area (TPSA) is 87.7 Å². The molecule has 0 aromatic heterocycles. The Labute approximate surface area is 175 Å². The van der Waals surface area contributed by atoms with E-state index in [2.05, 4.69) is 10.6 Å². The maximum absolute atomic E-state index is 12.9. The van der Waals surface area contributed by atoms with E-state index in [1.54, 1.807) is 35.2 Å². The number of fused-ring (bicyclic) bond motifs is 1. The van der Waals surface area contributed by atoms with E-state index in [1.165, 1.54) is 0 Å². The van der Waals surface area contributed by atoms with Crippen molar-refractivity contribution in [3.63, 3.8) is 0 Å². The van der Waals surface area contributed by atoms with Crippen molar-refractivity contribution in [2.24, 2.45) is 0 Å². The van der Waals surface area contributed by atoms with Gasteiger partial charge in [-0.1, -0.05) is 31.2 Å². The first-order valence-electron chi connectivity index (χ1n) is 10.3. The maximum Gasteiger partial charge on any atom is 0.255 e. The molecule has 30 heavy (non-hydrogen) atoms. The molecule has 0 spiro atoms. The zero-order valence-electron chi connectivity index (χ0n) is 16.9. The molecule has 1 atom stereocenters. The van der Waals surface area contributed by atoms with Gasteiger partial charge in [-0.2, -0.15) is 0 Å². The number of hydrogen-bond donors (Lipinski definition) is 2. The molecule has 2 aliphatic rings. The SMILES string of the molecule is CCCOc1cccc(NC(=O)CNC(=O)C2c3ccccc3C(=O)N2C2CC2)c1. The minimum absolute atomic E-state index is 0.0975. The van der Waals surface area contributed by atoms with Crippen LogP contribution in [0.5, 0.6) is 5.75 Å². The van der Waals surface area contributed by atoms with Gasteiger partial charge in [-0.05, 0) is 43.0 Å². The van der Waals surface area contributed by atoms with Gasteiger partial charge in [-0.15, -0.1) is 0 Å². The van der Waals surface area contributed by atoms with Crippen molar-refractivity contribution in [1.29, 1.82) is 0 Å². The van der Waals surface area contributed by atoms with Gasteiger partial charge in [0.25, 0.3) is 5.91 Å². The van der Waals surface area contributed by atoms with Crippen LogP contribution in [0.1, 0.15) is 48.1 Å². The molecule has 0 bridgehead atoms. The predicted molar refractivity (Wildman–Crippen MR) is 112 cm³/mol. The van der Waals surface area contributed by atoms with Crippen LogP contribution in [0.3, 0.4) is 0 Å². The molecule has 0 saturated heterocycles. The zero-order chi connectivity index (χ0) is 21.1. The van der Waals surface area contributed by atoms with Crippen LogP contribution < -0.4 is 15.4 Å². The lowest BCUT2D eigenvalue weighted by Crippen LogP contribution is -2.42. The van der Waals surface area contributed by atoms with Crippen molar-refractivity contribution >= 4 is 23.4 Å². The van der Waals surface area contributed by atoms with E-state index in [1.807, 2.05) is 25.1 Å². The van der Waals surface area contributed by atoms with Gasteiger partial charge in [0.15, 0.2) is 0 Å². The highest BCUT2D eigenvalue weighted by Gasteiger charge is 2.47. The number of nitrogens with zero attached hydrogens (tertiary/aromatic N) is 1. The van der Waals surface area contributed by atoms with E-state index in [9.17, 15) is 14.4 Å². The number of hydrogen-bond acceptors (Lipinski definition) is 4. The number of nitrogens with one attached hydrogen (secondary N) is 2. The van der Waals surface area contributed by atoms with Crippen molar-refractivity contribution in [3.05, 3.63) is 59.7 Å². The summed E-state index contributed by atoms with van der Waals surface area (Å²) in [6.45, 7) is 2.45. The van der Waals surface area contributed by atoms with Gasteiger partial charge in [-0.25, -0.2) is 0 Å². The van der Waals surface area contributed by atoms with Gasteiger partial charge in [0.2, 0.25) is 11.8 Å². The van der Waals surface area contributed by atoms with E-state index in [0.717, 1.165) is 19.3 Å². The second-order valence-electron chi connectivity index (χ2n) is 7.58. The first-order valence-corrected chi connectivity index (χ1v) is 10.3. The van der Waals surface area contributed by atoms with Crippen LogP contribution in [0, 0.1) is 0 Å². The summed E-state index contributed by atoms with van der Waals surface area (Å²) < 4.78 is 5.57. The second kappa shape index (κ2) is 8.57. The molecule has 7 nitrogen and oxygen atoms in total. The Morgan fingerprint density at radius 1 is 1.13 bits per heavy atom. The van der Waals surface area contributed by atoms with Gasteiger partial charge in [0, 0.05) is 23.4 Å². The van der Waals surface area contributed by atoms with Crippen LogP contribution in [0.15, 0.2) is 48.5 Å². The fourth-order valence-electron chi connectivity index (χ4n) is 3.69. The van der Waals surface area contributed by atoms with Crippen molar-refractivity contribution in [2.45, 2.75) is 38.3 Å². The third kappa shape index (κ3) is 4.15. The molecule has 2 aromatic carbocycles. The minimum Gasteiger partial charge on any atom is -0.494 e. The quantitative estimate of drug-likeness (QED) is 0.704. The number of anilines is 1. The van der Waals surface area contributed by atoms with Crippen LogP contribution in [0.25, 0.3) is 0 Å². The monoisotopic (exact) mass is 407 g/mol. The van der Waals surface area contributed by atoms with Crippen LogP contribution >= 0.6 is 0 Å². The summed E-state index contributed by atoms with van der Waals surface area (Å²) in [5.74, 6) is -0.108. The molecule has 0 radical (unpaired) electrons. The smallest absolute Gasteiger partial charge is 0.255 e. The van der Waals surface area contributed by atoms with Crippen LogP contribution in [0.4, 0.5) is 5.69 Å². The van der Waals surface area contributed by atoms with Gasteiger partial charge in [0.05, 0.1) is 13.2 Å². The molecule has 1 aliphatic heterocycles. The number of benzene rings is 2. The summed E-state index contributed by atoms with van der Waals surface area (Å²) >= 11 is 0. The molecule has 1 saturated carbocycles. The molecular weight excluding hydrogens is 382 g/mol. The summed E-state index contributed by atoms with van der Waals surface area (Å²) in [6.07, 6.45) is 2.70. The summed E-state index contributed by atoms with van der Waals surface area (Å²) in [5, 5.41) is 5.46. The average molecular weight is 407 g/mol. The standard InChI is InChI=1S/C23H25N3O4/c1-2-12-30-17-7-5-6-15(13-17)25-20(27)14-24-22(28)21-18-8-3-4-9-19(18)23(29)26(21)16-10-11-16/h3-9,13,16,21H,2,10-12,14H2,1H3,(H,24,28)(H,25,27). The second-order valence-corrected chi connectivity index (χ2v) is 7.58. The lowest BCUT2D eigenvalue weighted by molar-refractivity contribution is -0.127. The van der Waals surface area contributed by atoms with Gasteiger partial charge < -0.3 is 20.3 Å². The van der Waals surface area contributed by atoms with Crippen molar-refractivity contribution in [3.8, 4) is 5.75 Å². The van der Waals surface area contributed by atoms with Crippen molar-refractivity contribution in [1.82, 2.24) is 10.2 Å². The van der Waals surface area contributed by atoms with Crippen LogP contribution in [0.2, 0.25) is 0 Å². The first-order chi connectivity index (χ1) is 14.6. The molecule has 1 unspecified atom stereocenters. The first kappa shape index (κ1) is 19.9. The summed E-state index contributed by atoms with van der Waals surface area (Å²) in [4.78, 5) is 39.7. The molecular formula is C23H25N3O4. The lowest BCUT2D eigenvalue weighted by atomic mass is 10.0. The van der Waals surface area contributed by atoms with Gasteiger partial charge in [0.1, 0.15) is 11.8 Å². The number of carbonyl (C=O) groups excluding carboxylic acids is 3. The third-order valence-electron chi connectivity index (χ3n) is 5.20. The lowest BCUT2D eigenvalue weighted by Gasteiger charge is -2.24. The summed E-state index contributed by atoms with van der Waals surface area (Å²) in [7, 11) is 0. The number of ether oxygens (including phenoxy) is 1. The van der Waals surface area contributed by atoms with E-state index >= 15 is 0 Å². The third-order valence-corrected chi connectivity index (χ3v) is 5.20. The van der Waals surface area contributed by atoms with E-state index < -0.39 is 6.04 Å². The van der Waals surface area contributed by atoms with Crippen LogP contribution in [-0.4, -0.2) is 41.8 Å². The van der Waals surface area contributed by atoms with Crippen LogP contribution in [-0.2, 0) is 9.59 Å². The molecule has 7 heteroatoms. The molecule has 1 fully saturated rings. The Balaban J connectivity index is 1.38. The summed E-state index contributed by atoms with van der Waals surface area (Å²) in [6, 6.07) is 13.7. The number of amides is 3. The molecule has 1 aliphatic carbocycles. The Bertz CT molecular complexity index is 970. The van der Waals surface area contributed by atoms with Crippen molar-refractivity contribution < 1.29 is 19.1 Å². The Morgan fingerprint density at radius 2 is 1.93 bits per heavy atom. The Morgan fingerprint density at radius 3 is 2.70 bits per heavy atom. The zero-order valence-corrected chi connectivity index (χ0v) is 16.9. The maximum atomic E-state index is 12.9. The Kier molecular flexibility index (Phi) is 5.70. The van der Waals surface area contributed by atoms with E-state index in [4.69, 9.17) is 4.74 Å². The highest BCUT2D eigenvalue weighted by molar-refractivity contribution is 6.05. The largest absolute Gasteiger partial charge is 0.494 e. The molecule has 1 heterocycles. The number of carbonyl (C=O) groups is 3. The number of rotatable bonds is 8. The van der Waals surface area contributed by atoms with E-state index in [-0.39, 0.29) is 30.3 Å². The van der Waals surface area contributed by atoms with Gasteiger partial charge in [-0.3, -0.25) is 14.4 Å². The highest BCUT2D eigenvalue weighted by atomic mass is 16.5. The fourth-order valence-corrected chi connectivity index (χ4v) is 3.69. The van der Waals surface area contributed by atoms with Gasteiger partial charge >= 0.3 is 0 Å². The van der Waals surface area contributed by atoms with E-state index in [0.29, 0.717) is 29.2 Å². The molecule has 156 valence electrons. The Hall–Kier alpha value is -3.35. The minimum atomic E-state index is -0.681. The molecule has 3 amide bonds. The normalized spacial score (nSPS) is 17.4. The predicted octanol–water partition coefficient (Wildman–Crippen LogP) is 2.89.